The Hall–Kier alpha value is -4.53. The Morgan fingerprint density at radius 2 is 1.76 bits per heavy atom. The third-order valence-electron chi connectivity index (χ3n) is 6.03. The molecule has 3 rings (SSSR count). The number of hydrogen-bond acceptors (Lipinski definition) is 7. The number of para-hydroxylation sites is 1. The summed E-state index contributed by atoms with van der Waals surface area (Å²) in [5, 5.41) is 13.8. The highest BCUT2D eigenvalue weighted by molar-refractivity contribution is 6.39. The lowest BCUT2D eigenvalue weighted by Crippen LogP contribution is -2.50. The molecule has 0 aliphatic carbocycles. The summed E-state index contributed by atoms with van der Waals surface area (Å²) < 4.78 is 64.4. The number of nitrogens with zero attached hydrogens (tertiary/aromatic N) is 1. The molecule has 3 N–H and O–H groups in total. The van der Waals surface area contributed by atoms with Crippen LogP contribution in [0.3, 0.4) is 0 Å². The number of halogens is 4. The Bertz CT molecular complexity index is 1330. The van der Waals surface area contributed by atoms with E-state index in [9.17, 15) is 46.6 Å². The maximum absolute atomic E-state index is 13.8. The molecule has 0 spiro atoms. The molecule has 0 saturated carbocycles. The van der Waals surface area contributed by atoms with Gasteiger partial charge in [0, 0.05) is 24.8 Å². The van der Waals surface area contributed by atoms with Crippen LogP contribution in [0.1, 0.15) is 12.0 Å². The summed E-state index contributed by atoms with van der Waals surface area (Å²) in [6, 6.07) is 4.87. The fraction of sp³-hybridized carbons (Fsp3) is 0.346. The highest BCUT2D eigenvalue weighted by atomic mass is 19.2. The van der Waals surface area contributed by atoms with Crippen LogP contribution in [-0.2, 0) is 28.7 Å². The zero-order valence-corrected chi connectivity index (χ0v) is 21.5. The molecule has 220 valence electrons. The normalized spacial score (nSPS) is 15.8. The second kappa shape index (κ2) is 13.7. The van der Waals surface area contributed by atoms with E-state index in [-0.39, 0.29) is 32.4 Å². The molecule has 11 nitrogen and oxygen atoms in total. The molecule has 1 saturated heterocycles. The first-order chi connectivity index (χ1) is 19.4. The Labute approximate surface area is 230 Å². The van der Waals surface area contributed by atoms with Crippen LogP contribution in [0.5, 0.6) is 5.75 Å². The topological polar surface area (TPSA) is 151 Å². The highest BCUT2D eigenvalue weighted by Crippen LogP contribution is 2.26. The van der Waals surface area contributed by atoms with E-state index in [2.05, 4.69) is 15.4 Å². The lowest BCUT2D eigenvalue weighted by atomic mass is 10.1. The van der Waals surface area contributed by atoms with Gasteiger partial charge < -0.3 is 30.1 Å². The summed E-state index contributed by atoms with van der Waals surface area (Å²) in [7, 11) is 0. The van der Waals surface area contributed by atoms with Crippen LogP contribution in [-0.4, -0.2) is 78.4 Å². The Morgan fingerprint density at radius 1 is 1.10 bits per heavy atom. The fourth-order valence-corrected chi connectivity index (χ4v) is 3.82. The number of aliphatic carboxylic acids is 1. The Balaban J connectivity index is 1.67. The van der Waals surface area contributed by atoms with Gasteiger partial charge in [0.25, 0.3) is 0 Å². The summed E-state index contributed by atoms with van der Waals surface area (Å²) in [6.45, 7) is -0.173. The summed E-state index contributed by atoms with van der Waals surface area (Å²) in [5.74, 6) is -15.7. The number of carbonyl (C=O) groups is 5. The predicted octanol–water partition coefficient (Wildman–Crippen LogP) is 1.57. The maximum atomic E-state index is 13.8. The lowest BCUT2D eigenvalue weighted by Gasteiger charge is -2.24. The summed E-state index contributed by atoms with van der Waals surface area (Å²) in [6.07, 6.45) is -0.981. The fourth-order valence-electron chi connectivity index (χ4n) is 3.82. The first kappa shape index (κ1) is 31.0. The number of ketones is 1. The summed E-state index contributed by atoms with van der Waals surface area (Å²) >= 11 is 0. The standard InChI is InChI=1S/C26H25F4N3O8/c1-13-4-2-3-5-17(13)31-25(38)26(39)33-6-7-40-11-14(10-33)24(37)32-18(9-20(35)36)19(34)12-41-23-21(29)15(27)8-16(28)22(23)30/h2-5,8,14,18H,6-7,9-12H2,1H3,(H,31,38)(H,32,37)(H,35,36). The number of amides is 3. The van der Waals surface area contributed by atoms with Crippen LogP contribution in [0.2, 0.25) is 0 Å². The molecule has 3 amide bonds. The molecule has 2 aromatic carbocycles. The molecular weight excluding hydrogens is 558 g/mol. The zero-order chi connectivity index (χ0) is 30.3. The maximum Gasteiger partial charge on any atom is 0.313 e. The quantitative estimate of drug-likeness (QED) is 0.229. The van der Waals surface area contributed by atoms with E-state index in [1.807, 2.05) is 0 Å². The van der Waals surface area contributed by atoms with Gasteiger partial charge in [0.2, 0.25) is 17.5 Å². The van der Waals surface area contributed by atoms with Crippen LogP contribution < -0.4 is 15.4 Å². The number of aryl methyl sites for hydroxylation is 1. The minimum Gasteiger partial charge on any atom is -0.481 e. The molecule has 15 heteroatoms. The average Bonchev–Trinajstić information content (AvgIpc) is 3.18. The van der Waals surface area contributed by atoms with E-state index in [0.29, 0.717) is 11.3 Å². The minimum atomic E-state index is -1.91. The number of nitrogens with one attached hydrogen (secondary N) is 2. The van der Waals surface area contributed by atoms with Gasteiger partial charge in [-0.15, -0.1) is 0 Å². The number of carbonyl (C=O) groups excluding carboxylic acids is 4. The number of benzene rings is 2. The van der Waals surface area contributed by atoms with Crippen LogP contribution in [0.25, 0.3) is 0 Å². The van der Waals surface area contributed by atoms with Gasteiger partial charge >= 0.3 is 17.8 Å². The van der Waals surface area contributed by atoms with Gasteiger partial charge in [0.15, 0.2) is 23.2 Å². The molecule has 41 heavy (non-hydrogen) atoms. The second-order valence-corrected chi connectivity index (χ2v) is 9.00. The van der Waals surface area contributed by atoms with Crippen molar-refractivity contribution < 1.29 is 56.1 Å². The molecule has 2 aromatic rings. The van der Waals surface area contributed by atoms with Crippen molar-refractivity contribution in [3.8, 4) is 5.75 Å². The van der Waals surface area contributed by atoms with E-state index < -0.39 is 83.5 Å². The van der Waals surface area contributed by atoms with Crippen LogP contribution in [0, 0.1) is 36.1 Å². The van der Waals surface area contributed by atoms with E-state index in [1.54, 1.807) is 31.2 Å². The molecular formula is C26H25F4N3O8. The van der Waals surface area contributed by atoms with Gasteiger partial charge in [0.05, 0.1) is 25.6 Å². The zero-order valence-electron chi connectivity index (χ0n) is 21.5. The lowest BCUT2D eigenvalue weighted by molar-refractivity contribution is -0.144. The highest BCUT2D eigenvalue weighted by Gasteiger charge is 2.33. The Morgan fingerprint density at radius 3 is 2.39 bits per heavy atom. The van der Waals surface area contributed by atoms with Crippen molar-refractivity contribution in [1.82, 2.24) is 10.2 Å². The van der Waals surface area contributed by atoms with Crippen molar-refractivity contribution in [2.75, 3.05) is 38.2 Å². The number of ether oxygens (including phenoxy) is 2. The number of Topliss-reactive ketones (excluding diaryl/α,β-unsaturated/α-hetero) is 1. The van der Waals surface area contributed by atoms with Crippen molar-refractivity contribution >= 4 is 35.2 Å². The van der Waals surface area contributed by atoms with Gasteiger partial charge in [0.1, 0.15) is 12.6 Å². The summed E-state index contributed by atoms with van der Waals surface area (Å²) in [5.41, 5.74) is 1.11. The molecule has 2 unspecified atom stereocenters. The summed E-state index contributed by atoms with van der Waals surface area (Å²) in [4.78, 5) is 63.3. The third kappa shape index (κ3) is 8.00. The minimum absolute atomic E-state index is 0.0280. The molecule has 1 aliphatic rings. The van der Waals surface area contributed by atoms with Crippen LogP contribution in [0.15, 0.2) is 30.3 Å². The monoisotopic (exact) mass is 583 g/mol. The van der Waals surface area contributed by atoms with E-state index in [1.165, 1.54) is 0 Å². The number of rotatable bonds is 9. The van der Waals surface area contributed by atoms with Gasteiger partial charge in [-0.25, -0.2) is 8.78 Å². The molecule has 0 bridgehead atoms. The second-order valence-electron chi connectivity index (χ2n) is 9.00. The van der Waals surface area contributed by atoms with Crippen molar-refractivity contribution in [1.29, 1.82) is 0 Å². The average molecular weight is 583 g/mol. The molecule has 1 fully saturated rings. The predicted molar refractivity (Wildman–Crippen MR) is 132 cm³/mol. The molecule has 0 aromatic heterocycles. The number of carboxylic acid groups (broad SMARTS) is 1. The first-order valence-corrected chi connectivity index (χ1v) is 12.1. The number of anilines is 1. The van der Waals surface area contributed by atoms with Gasteiger partial charge in [-0.3, -0.25) is 24.0 Å². The molecule has 0 radical (unpaired) electrons. The third-order valence-corrected chi connectivity index (χ3v) is 6.03. The van der Waals surface area contributed by atoms with Gasteiger partial charge in [-0.1, -0.05) is 18.2 Å². The smallest absolute Gasteiger partial charge is 0.313 e. The van der Waals surface area contributed by atoms with Crippen LogP contribution >= 0.6 is 0 Å². The molecule has 1 heterocycles. The van der Waals surface area contributed by atoms with Crippen molar-refractivity contribution in [2.24, 2.45) is 5.92 Å². The SMILES string of the molecule is Cc1ccccc1NC(=O)C(=O)N1CCOCC(C(=O)NC(CC(=O)O)C(=O)COc2c(F)c(F)cc(F)c2F)C1. The number of carboxylic acids is 1. The van der Waals surface area contributed by atoms with Crippen molar-refractivity contribution in [3.05, 3.63) is 59.2 Å². The number of hydrogen-bond donors (Lipinski definition) is 3. The van der Waals surface area contributed by atoms with Gasteiger partial charge in [-0.2, -0.15) is 8.78 Å². The van der Waals surface area contributed by atoms with Crippen molar-refractivity contribution in [3.63, 3.8) is 0 Å². The van der Waals surface area contributed by atoms with Crippen LogP contribution in [0.4, 0.5) is 23.2 Å². The first-order valence-electron chi connectivity index (χ1n) is 12.1. The van der Waals surface area contributed by atoms with Gasteiger partial charge in [-0.05, 0) is 18.6 Å². The Kier molecular flexibility index (Phi) is 10.4. The van der Waals surface area contributed by atoms with E-state index in [4.69, 9.17) is 4.74 Å². The largest absolute Gasteiger partial charge is 0.481 e. The van der Waals surface area contributed by atoms with Crippen molar-refractivity contribution in [2.45, 2.75) is 19.4 Å². The molecule has 2 atom stereocenters. The van der Waals surface area contributed by atoms with E-state index in [0.717, 1.165) is 4.90 Å². The van der Waals surface area contributed by atoms with E-state index >= 15 is 0 Å². The molecule has 1 aliphatic heterocycles.